The number of rotatable bonds is 7. The van der Waals surface area contributed by atoms with Gasteiger partial charge in [-0.05, 0) is 56.6 Å². The molecule has 2 aliphatic carbocycles. The molecule has 2 fully saturated rings. The van der Waals surface area contributed by atoms with Crippen LogP contribution in [0.4, 0.5) is 11.1 Å². The molecule has 0 spiro atoms. The zero-order valence-corrected chi connectivity index (χ0v) is 19.8. The summed E-state index contributed by atoms with van der Waals surface area (Å²) in [6.07, 6.45) is 13.5. The number of amides is 1. The molecule has 2 atom stereocenters. The minimum absolute atomic E-state index is 0.0270. The highest BCUT2D eigenvalue weighted by Gasteiger charge is 2.26. The molecule has 0 aliphatic heterocycles. The summed E-state index contributed by atoms with van der Waals surface area (Å²) in [6.45, 7) is 0. The molecule has 9 heteroatoms. The van der Waals surface area contributed by atoms with Crippen LogP contribution in [0.5, 0.6) is 0 Å². The van der Waals surface area contributed by atoms with Crippen LogP contribution in [0.1, 0.15) is 55.3 Å². The number of benzene rings is 1. The van der Waals surface area contributed by atoms with E-state index in [-0.39, 0.29) is 5.91 Å². The SMILES string of the molecule is CSc1cnc(N[C@H]2CC[C@H](Nc3nc4ccc(C(=O)NC5CCCC5)cc4s3)C2)nc1. The van der Waals surface area contributed by atoms with E-state index in [1.54, 1.807) is 23.1 Å². The summed E-state index contributed by atoms with van der Waals surface area (Å²) in [5.41, 5.74) is 1.65. The second-order valence-corrected chi connectivity index (χ2v) is 10.5. The van der Waals surface area contributed by atoms with Crippen LogP contribution >= 0.6 is 23.1 Å². The van der Waals surface area contributed by atoms with Gasteiger partial charge in [0.15, 0.2) is 5.13 Å². The molecule has 0 bridgehead atoms. The summed E-state index contributed by atoms with van der Waals surface area (Å²) in [7, 11) is 0. The van der Waals surface area contributed by atoms with Crippen molar-refractivity contribution in [3.05, 3.63) is 36.2 Å². The van der Waals surface area contributed by atoms with Gasteiger partial charge in [0.1, 0.15) is 0 Å². The Morgan fingerprint density at radius 3 is 2.53 bits per heavy atom. The lowest BCUT2D eigenvalue weighted by Gasteiger charge is -2.14. The van der Waals surface area contributed by atoms with Crippen molar-refractivity contribution in [2.75, 3.05) is 16.9 Å². The first kappa shape index (κ1) is 21.5. The van der Waals surface area contributed by atoms with Crippen LogP contribution in [-0.2, 0) is 0 Å². The number of thioether (sulfide) groups is 1. The average molecular weight is 469 g/mol. The maximum Gasteiger partial charge on any atom is 0.251 e. The summed E-state index contributed by atoms with van der Waals surface area (Å²) in [6, 6.07) is 6.85. The quantitative estimate of drug-likeness (QED) is 0.424. The summed E-state index contributed by atoms with van der Waals surface area (Å²) in [5.74, 6) is 0.719. The second-order valence-electron chi connectivity index (χ2n) is 8.60. The number of hydrogen-bond donors (Lipinski definition) is 3. The van der Waals surface area contributed by atoms with E-state index in [4.69, 9.17) is 4.98 Å². The average Bonchev–Trinajstić information content (AvgIpc) is 3.55. The van der Waals surface area contributed by atoms with Crippen LogP contribution < -0.4 is 16.0 Å². The van der Waals surface area contributed by atoms with E-state index >= 15 is 0 Å². The summed E-state index contributed by atoms with van der Waals surface area (Å²) < 4.78 is 1.04. The number of carbonyl (C=O) groups is 1. The number of thiazole rings is 1. The maximum atomic E-state index is 12.6. The van der Waals surface area contributed by atoms with Crippen molar-refractivity contribution in [3.63, 3.8) is 0 Å². The first-order valence-electron chi connectivity index (χ1n) is 11.3. The van der Waals surface area contributed by atoms with Crippen LogP contribution in [0.25, 0.3) is 10.2 Å². The Hall–Kier alpha value is -2.39. The number of hydrogen-bond acceptors (Lipinski definition) is 8. The monoisotopic (exact) mass is 468 g/mol. The molecule has 0 saturated heterocycles. The molecule has 2 saturated carbocycles. The molecule has 2 aromatic heterocycles. The molecule has 2 heterocycles. The third-order valence-electron chi connectivity index (χ3n) is 6.30. The molecule has 0 radical (unpaired) electrons. The Bertz CT molecular complexity index is 1080. The standard InChI is InChI=1S/C23H28N6OS2/c1-31-18-12-24-22(25-13-18)27-16-7-8-17(11-16)28-23-29-19-9-6-14(10-20(19)32-23)21(30)26-15-4-2-3-5-15/h6,9-10,12-13,15-17H,2-5,7-8,11H2,1H3,(H,26,30)(H,28,29)(H,24,25,27)/t16-,17-/m0/s1. The Balaban J connectivity index is 1.18. The molecule has 3 N–H and O–H groups in total. The summed E-state index contributed by atoms with van der Waals surface area (Å²) >= 11 is 3.26. The predicted molar refractivity (Wildman–Crippen MR) is 132 cm³/mol. The van der Waals surface area contributed by atoms with E-state index in [2.05, 4.69) is 25.9 Å². The number of carbonyl (C=O) groups excluding carboxylic acids is 1. The van der Waals surface area contributed by atoms with Gasteiger partial charge in [0.05, 0.1) is 10.2 Å². The first-order valence-corrected chi connectivity index (χ1v) is 13.3. The van der Waals surface area contributed by atoms with Gasteiger partial charge in [-0.3, -0.25) is 4.79 Å². The van der Waals surface area contributed by atoms with Gasteiger partial charge >= 0.3 is 0 Å². The molecule has 1 amide bonds. The van der Waals surface area contributed by atoms with Crippen molar-refractivity contribution in [3.8, 4) is 0 Å². The van der Waals surface area contributed by atoms with E-state index < -0.39 is 0 Å². The van der Waals surface area contributed by atoms with Gasteiger partial charge in [-0.15, -0.1) is 11.8 Å². The topological polar surface area (TPSA) is 91.8 Å². The van der Waals surface area contributed by atoms with Crippen molar-refractivity contribution in [2.45, 2.75) is 68.0 Å². The van der Waals surface area contributed by atoms with Crippen molar-refractivity contribution >= 4 is 50.3 Å². The lowest BCUT2D eigenvalue weighted by atomic mass is 10.1. The number of nitrogens with zero attached hydrogens (tertiary/aromatic N) is 3. The molecule has 2 aliphatic rings. The Labute approximate surface area is 196 Å². The zero-order chi connectivity index (χ0) is 21.9. The van der Waals surface area contributed by atoms with Gasteiger partial charge < -0.3 is 16.0 Å². The van der Waals surface area contributed by atoms with Gasteiger partial charge in [0.25, 0.3) is 5.91 Å². The largest absolute Gasteiger partial charge is 0.359 e. The zero-order valence-electron chi connectivity index (χ0n) is 18.1. The highest BCUT2D eigenvalue weighted by molar-refractivity contribution is 7.98. The Morgan fingerprint density at radius 1 is 1.03 bits per heavy atom. The van der Waals surface area contributed by atoms with Crippen molar-refractivity contribution in [1.82, 2.24) is 20.3 Å². The van der Waals surface area contributed by atoms with Gasteiger partial charge in [0, 0.05) is 41.0 Å². The minimum Gasteiger partial charge on any atom is -0.359 e. The number of fused-ring (bicyclic) bond motifs is 1. The highest BCUT2D eigenvalue weighted by Crippen LogP contribution is 2.31. The van der Waals surface area contributed by atoms with E-state index in [9.17, 15) is 4.79 Å². The molecule has 7 nitrogen and oxygen atoms in total. The van der Waals surface area contributed by atoms with Crippen molar-refractivity contribution < 1.29 is 4.79 Å². The van der Waals surface area contributed by atoms with Crippen LogP contribution in [0.15, 0.2) is 35.5 Å². The Morgan fingerprint density at radius 2 is 1.78 bits per heavy atom. The molecular formula is C23H28N6OS2. The lowest BCUT2D eigenvalue weighted by molar-refractivity contribution is 0.0938. The van der Waals surface area contributed by atoms with Crippen LogP contribution in [-0.4, -0.2) is 45.2 Å². The fraction of sp³-hybridized carbons (Fsp3) is 0.478. The molecule has 0 unspecified atom stereocenters. The smallest absolute Gasteiger partial charge is 0.251 e. The number of aromatic nitrogens is 3. The molecule has 3 aromatic rings. The third kappa shape index (κ3) is 4.99. The molecular weight excluding hydrogens is 440 g/mol. The highest BCUT2D eigenvalue weighted by atomic mass is 32.2. The maximum absolute atomic E-state index is 12.6. The number of nitrogens with one attached hydrogen (secondary N) is 3. The molecule has 5 rings (SSSR count). The fourth-order valence-corrected chi connectivity index (χ4v) is 5.86. The van der Waals surface area contributed by atoms with E-state index in [1.165, 1.54) is 12.8 Å². The van der Waals surface area contributed by atoms with Crippen LogP contribution in [0.2, 0.25) is 0 Å². The second kappa shape index (κ2) is 9.62. The van der Waals surface area contributed by atoms with Gasteiger partial charge in [0.2, 0.25) is 5.95 Å². The first-order chi connectivity index (χ1) is 15.7. The van der Waals surface area contributed by atoms with Crippen molar-refractivity contribution in [2.24, 2.45) is 0 Å². The van der Waals surface area contributed by atoms with Crippen molar-refractivity contribution in [1.29, 1.82) is 0 Å². The Kier molecular flexibility index (Phi) is 6.45. The van der Waals surface area contributed by atoms with Gasteiger partial charge in [-0.25, -0.2) is 15.0 Å². The van der Waals surface area contributed by atoms with Gasteiger partial charge in [-0.1, -0.05) is 24.2 Å². The van der Waals surface area contributed by atoms with E-state index in [0.29, 0.717) is 24.1 Å². The summed E-state index contributed by atoms with van der Waals surface area (Å²) in [5, 5.41) is 11.1. The van der Waals surface area contributed by atoms with E-state index in [0.717, 1.165) is 57.9 Å². The molecule has 1 aromatic carbocycles. The van der Waals surface area contributed by atoms with Crippen LogP contribution in [0, 0.1) is 0 Å². The fourth-order valence-electron chi connectivity index (χ4n) is 4.56. The normalized spacial score (nSPS) is 21.2. The van der Waals surface area contributed by atoms with Crippen LogP contribution in [0.3, 0.4) is 0 Å². The third-order valence-corrected chi connectivity index (χ3v) is 7.93. The minimum atomic E-state index is 0.0270. The molecule has 168 valence electrons. The molecule has 32 heavy (non-hydrogen) atoms. The van der Waals surface area contributed by atoms with E-state index in [1.807, 2.05) is 36.8 Å². The lowest BCUT2D eigenvalue weighted by Crippen LogP contribution is -2.32. The predicted octanol–water partition coefficient (Wildman–Crippen LogP) is 4.93. The van der Waals surface area contributed by atoms with Gasteiger partial charge in [-0.2, -0.15) is 0 Å². The number of anilines is 2. The summed E-state index contributed by atoms with van der Waals surface area (Å²) in [4.78, 5) is 27.2.